The first-order valence-electron chi connectivity index (χ1n) is 5.53. The molecule has 0 aliphatic rings. The minimum Gasteiger partial charge on any atom is -0.230 e. The van der Waals surface area contributed by atoms with E-state index >= 15 is 0 Å². The summed E-state index contributed by atoms with van der Waals surface area (Å²) >= 11 is 3.49. The summed E-state index contributed by atoms with van der Waals surface area (Å²) in [6, 6.07) is 8.26. The van der Waals surface area contributed by atoms with Crippen molar-refractivity contribution in [2.45, 2.75) is 24.0 Å². The van der Waals surface area contributed by atoms with Crippen molar-refractivity contribution in [2.75, 3.05) is 5.75 Å². The van der Waals surface area contributed by atoms with Crippen LogP contribution < -0.4 is 0 Å². The van der Waals surface area contributed by atoms with Crippen molar-refractivity contribution in [2.24, 2.45) is 0 Å². The van der Waals surface area contributed by atoms with Gasteiger partial charge in [0.1, 0.15) is 8.07 Å². The van der Waals surface area contributed by atoms with Crippen LogP contribution in [0.5, 0.6) is 0 Å². The zero-order valence-electron chi connectivity index (χ0n) is 10.3. The van der Waals surface area contributed by atoms with Crippen LogP contribution in [-0.4, -0.2) is 18.8 Å². The molecule has 0 spiro atoms. The number of nitrogens with zero attached hydrogens (tertiary/aromatic N) is 1. The van der Waals surface area contributed by atoms with Gasteiger partial charge in [-0.05, 0) is 12.1 Å². The summed E-state index contributed by atoms with van der Waals surface area (Å²) in [5.41, 5.74) is 4.47. The SMILES string of the molecule is C[Si](C)(C)C#CCSc1nc2ccccc2s1. The topological polar surface area (TPSA) is 12.9 Å². The lowest BCUT2D eigenvalue weighted by atomic mass is 10.3. The molecule has 0 N–H and O–H groups in total. The van der Waals surface area contributed by atoms with E-state index in [4.69, 9.17) is 0 Å². The molecular formula is C13H15NS2Si. The van der Waals surface area contributed by atoms with Crippen LogP contribution in [0.1, 0.15) is 0 Å². The predicted molar refractivity (Wildman–Crippen MR) is 81.5 cm³/mol. The first-order chi connectivity index (χ1) is 8.04. The molecule has 4 heteroatoms. The Balaban J connectivity index is 2.02. The maximum Gasteiger partial charge on any atom is 0.152 e. The minimum atomic E-state index is -1.22. The molecule has 1 aromatic carbocycles. The molecule has 88 valence electrons. The van der Waals surface area contributed by atoms with Crippen LogP contribution >= 0.6 is 23.1 Å². The molecule has 17 heavy (non-hydrogen) atoms. The molecule has 1 heterocycles. The van der Waals surface area contributed by atoms with Gasteiger partial charge >= 0.3 is 0 Å². The average molecular weight is 277 g/mol. The highest BCUT2D eigenvalue weighted by atomic mass is 32.2. The molecule has 2 rings (SSSR count). The highest BCUT2D eigenvalue weighted by Crippen LogP contribution is 2.28. The van der Waals surface area contributed by atoms with Crippen molar-refractivity contribution in [1.82, 2.24) is 4.98 Å². The number of fused-ring (bicyclic) bond motifs is 1. The van der Waals surface area contributed by atoms with E-state index in [-0.39, 0.29) is 0 Å². The summed E-state index contributed by atoms with van der Waals surface area (Å²) in [4.78, 5) is 4.57. The van der Waals surface area contributed by atoms with Crippen LogP contribution in [0, 0.1) is 11.5 Å². The van der Waals surface area contributed by atoms with Crippen LogP contribution in [0.2, 0.25) is 19.6 Å². The second-order valence-electron chi connectivity index (χ2n) is 4.79. The quantitative estimate of drug-likeness (QED) is 0.462. The van der Waals surface area contributed by atoms with Crippen molar-refractivity contribution in [3.63, 3.8) is 0 Å². The monoisotopic (exact) mass is 277 g/mol. The lowest BCUT2D eigenvalue weighted by Crippen LogP contribution is -2.16. The van der Waals surface area contributed by atoms with Crippen molar-refractivity contribution in [1.29, 1.82) is 0 Å². The summed E-state index contributed by atoms with van der Waals surface area (Å²) in [7, 11) is -1.22. The van der Waals surface area contributed by atoms with E-state index in [9.17, 15) is 0 Å². The fourth-order valence-electron chi connectivity index (χ4n) is 1.31. The first-order valence-corrected chi connectivity index (χ1v) is 10.8. The fourth-order valence-corrected chi connectivity index (χ4v) is 3.87. The number of aromatic nitrogens is 1. The molecule has 0 saturated heterocycles. The summed E-state index contributed by atoms with van der Waals surface area (Å²) in [5, 5.41) is 0. The van der Waals surface area contributed by atoms with Crippen LogP contribution in [0.3, 0.4) is 0 Å². The molecule has 0 radical (unpaired) electrons. The summed E-state index contributed by atoms with van der Waals surface area (Å²) in [6.45, 7) is 6.80. The van der Waals surface area contributed by atoms with E-state index in [0.29, 0.717) is 0 Å². The number of thiazole rings is 1. The number of hydrogen-bond acceptors (Lipinski definition) is 3. The molecule has 2 aromatic rings. The smallest absolute Gasteiger partial charge is 0.152 e. The Morgan fingerprint density at radius 2 is 2.06 bits per heavy atom. The summed E-state index contributed by atoms with van der Waals surface area (Å²) in [5.74, 6) is 4.11. The van der Waals surface area contributed by atoms with Gasteiger partial charge in [-0.1, -0.05) is 49.5 Å². The van der Waals surface area contributed by atoms with E-state index in [1.165, 1.54) is 4.70 Å². The Labute approximate surface area is 112 Å². The molecule has 0 bridgehead atoms. The summed E-state index contributed by atoms with van der Waals surface area (Å²) < 4.78 is 2.38. The van der Waals surface area contributed by atoms with E-state index in [2.05, 4.69) is 54.3 Å². The van der Waals surface area contributed by atoms with Crippen LogP contribution in [0.4, 0.5) is 0 Å². The van der Waals surface area contributed by atoms with E-state index < -0.39 is 8.07 Å². The lowest BCUT2D eigenvalue weighted by molar-refractivity contribution is 1.31. The van der Waals surface area contributed by atoms with Gasteiger partial charge in [0, 0.05) is 0 Å². The van der Waals surface area contributed by atoms with Crippen molar-refractivity contribution < 1.29 is 0 Å². The van der Waals surface area contributed by atoms with Gasteiger partial charge in [0.15, 0.2) is 4.34 Å². The third kappa shape index (κ3) is 3.88. The minimum absolute atomic E-state index is 0.851. The second kappa shape index (κ2) is 5.26. The number of rotatable bonds is 2. The predicted octanol–water partition coefficient (Wildman–Crippen LogP) is 4.27. The molecule has 0 amide bonds. The fraction of sp³-hybridized carbons (Fsp3) is 0.308. The third-order valence-electron chi connectivity index (χ3n) is 2.01. The van der Waals surface area contributed by atoms with Crippen LogP contribution in [0.25, 0.3) is 10.2 Å². The van der Waals surface area contributed by atoms with Crippen LogP contribution in [0.15, 0.2) is 28.6 Å². The summed E-state index contributed by atoms with van der Waals surface area (Å²) in [6.07, 6.45) is 0. The Hall–Kier alpha value is -0.763. The van der Waals surface area contributed by atoms with Gasteiger partial charge in [0.25, 0.3) is 0 Å². The number of para-hydroxylation sites is 1. The first kappa shape index (κ1) is 12.7. The van der Waals surface area contributed by atoms with Gasteiger partial charge in [-0.2, -0.15) is 0 Å². The van der Waals surface area contributed by atoms with Gasteiger partial charge in [-0.15, -0.1) is 16.9 Å². The van der Waals surface area contributed by atoms with Crippen LogP contribution in [-0.2, 0) is 0 Å². The highest BCUT2D eigenvalue weighted by Gasteiger charge is 2.07. The van der Waals surface area contributed by atoms with E-state index in [0.717, 1.165) is 15.6 Å². The number of thioether (sulfide) groups is 1. The van der Waals surface area contributed by atoms with Gasteiger partial charge in [-0.25, -0.2) is 4.98 Å². The molecule has 0 aliphatic carbocycles. The Kier molecular flexibility index (Phi) is 3.92. The molecule has 0 aliphatic heterocycles. The van der Waals surface area contributed by atoms with Crippen molar-refractivity contribution in [3.05, 3.63) is 24.3 Å². The standard InChI is InChI=1S/C13H15NS2Si/c1-17(2,3)10-6-9-15-13-14-11-7-4-5-8-12(11)16-13/h4-5,7-8H,9H2,1-3H3. The Bertz CT molecular complexity index is 539. The largest absolute Gasteiger partial charge is 0.230 e. The molecule has 0 saturated carbocycles. The lowest BCUT2D eigenvalue weighted by Gasteiger charge is -2.02. The molecular weight excluding hydrogens is 262 g/mol. The van der Waals surface area contributed by atoms with E-state index in [1.54, 1.807) is 23.1 Å². The van der Waals surface area contributed by atoms with Crippen molar-refractivity contribution in [3.8, 4) is 11.5 Å². The maximum absolute atomic E-state index is 4.57. The molecule has 0 fully saturated rings. The zero-order chi connectivity index (χ0) is 12.3. The second-order valence-corrected chi connectivity index (χ2v) is 11.8. The van der Waals surface area contributed by atoms with E-state index in [1.807, 2.05) is 6.07 Å². The molecule has 1 nitrogen and oxygen atoms in total. The van der Waals surface area contributed by atoms with Crippen molar-refractivity contribution >= 4 is 41.4 Å². The Morgan fingerprint density at radius 1 is 1.29 bits per heavy atom. The normalized spacial score (nSPS) is 11.2. The number of hydrogen-bond donors (Lipinski definition) is 0. The molecule has 1 aromatic heterocycles. The molecule has 0 unspecified atom stereocenters. The highest BCUT2D eigenvalue weighted by molar-refractivity contribution is 8.01. The third-order valence-corrected chi connectivity index (χ3v) is 4.99. The maximum atomic E-state index is 4.57. The molecule has 0 atom stereocenters. The van der Waals surface area contributed by atoms with Gasteiger partial charge in [0.2, 0.25) is 0 Å². The van der Waals surface area contributed by atoms with Gasteiger partial charge in [-0.3, -0.25) is 0 Å². The van der Waals surface area contributed by atoms with Gasteiger partial charge in [0.05, 0.1) is 16.0 Å². The van der Waals surface area contributed by atoms with Gasteiger partial charge < -0.3 is 0 Å². The Morgan fingerprint density at radius 3 is 2.76 bits per heavy atom. The number of benzene rings is 1. The average Bonchev–Trinajstić information content (AvgIpc) is 2.65. The zero-order valence-corrected chi connectivity index (χ0v) is 12.9.